The van der Waals surface area contributed by atoms with Crippen molar-refractivity contribution in [3.8, 4) is 0 Å². The third-order valence-corrected chi connectivity index (χ3v) is 3.65. The first-order chi connectivity index (χ1) is 8.61. The number of likely N-dealkylation sites (tertiary alicyclic amines) is 1. The maximum atomic E-state index is 12.3. The summed E-state index contributed by atoms with van der Waals surface area (Å²) in [5, 5.41) is 9.15. The number of pyridine rings is 1. The highest BCUT2D eigenvalue weighted by molar-refractivity contribution is 9.10. The molecule has 0 radical (unpaired) electrons. The van der Waals surface area contributed by atoms with Crippen molar-refractivity contribution in [2.24, 2.45) is 0 Å². The Kier molecular flexibility index (Phi) is 3.96. The lowest BCUT2D eigenvalue weighted by Crippen LogP contribution is -2.48. The number of aromatic nitrogens is 1. The molecule has 0 saturated carbocycles. The van der Waals surface area contributed by atoms with E-state index in [1.807, 2.05) is 0 Å². The number of carbonyl (C=O) groups excluding carboxylic acids is 1. The number of piperidine rings is 1. The average molecular weight is 313 g/mol. The van der Waals surface area contributed by atoms with Crippen LogP contribution >= 0.6 is 15.9 Å². The summed E-state index contributed by atoms with van der Waals surface area (Å²) >= 11 is 3.26. The molecule has 0 spiro atoms. The van der Waals surface area contributed by atoms with E-state index in [1.54, 1.807) is 12.1 Å². The van der Waals surface area contributed by atoms with Crippen LogP contribution in [0.2, 0.25) is 0 Å². The van der Waals surface area contributed by atoms with Crippen LogP contribution in [0.4, 0.5) is 0 Å². The summed E-state index contributed by atoms with van der Waals surface area (Å²) in [5.74, 6) is -1.27. The van der Waals surface area contributed by atoms with Crippen molar-refractivity contribution in [2.45, 2.75) is 25.3 Å². The molecule has 1 saturated heterocycles. The van der Waals surface area contributed by atoms with E-state index in [2.05, 4.69) is 20.9 Å². The molecule has 2 heterocycles. The molecule has 2 rings (SSSR count). The smallest absolute Gasteiger partial charge is 0.326 e. The van der Waals surface area contributed by atoms with Crippen LogP contribution in [0.25, 0.3) is 0 Å². The van der Waals surface area contributed by atoms with Gasteiger partial charge in [0.25, 0.3) is 5.91 Å². The van der Waals surface area contributed by atoms with E-state index in [9.17, 15) is 9.59 Å². The van der Waals surface area contributed by atoms with Crippen LogP contribution in [0.1, 0.15) is 29.8 Å². The Morgan fingerprint density at radius 1 is 1.44 bits per heavy atom. The fourth-order valence-electron chi connectivity index (χ4n) is 2.11. The number of carboxylic acids is 1. The van der Waals surface area contributed by atoms with Gasteiger partial charge in [-0.25, -0.2) is 9.78 Å². The minimum Gasteiger partial charge on any atom is -0.480 e. The molecular weight excluding hydrogens is 300 g/mol. The van der Waals surface area contributed by atoms with Crippen molar-refractivity contribution in [3.05, 3.63) is 28.5 Å². The summed E-state index contributed by atoms with van der Waals surface area (Å²) in [6.45, 7) is 0.471. The van der Waals surface area contributed by atoms with Gasteiger partial charge in [-0.05, 0) is 47.3 Å². The molecule has 5 nitrogen and oxygen atoms in total. The zero-order valence-corrected chi connectivity index (χ0v) is 11.3. The summed E-state index contributed by atoms with van der Waals surface area (Å²) < 4.78 is 0.588. The third-order valence-electron chi connectivity index (χ3n) is 3.01. The van der Waals surface area contributed by atoms with Crippen molar-refractivity contribution in [1.82, 2.24) is 9.88 Å². The van der Waals surface area contributed by atoms with Crippen LogP contribution in [-0.4, -0.2) is 39.5 Å². The highest BCUT2D eigenvalue weighted by atomic mass is 79.9. The predicted molar refractivity (Wildman–Crippen MR) is 68.2 cm³/mol. The van der Waals surface area contributed by atoms with E-state index in [-0.39, 0.29) is 11.6 Å². The molecule has 1 N–H and O–H groups in total. The zero-order valence-electron chi connectivity index (χ0n) is 9.67. The molecule has 1 aromatic rings. The van der Waals surface area contributed by atoms with E-state index in [0.29, 0.717) is 17.4 Å². The third kappa shape index (κ3) is 2.53. The first-order valence-electron chi connectivity index (χ1n) is 5.75. The number of aliphatic carboxylic acids is 1. The van der Waals surface area contributed by atoms with Gasteiger partial charge < -0.3 is 10.0 Å². The normalized spacial score (nSPS) is 19.6. The summed E-state index contributed by atoms with van der Waals surface area (Å²) in [4.78, 5) is 28.9. The second-order valence-electron chi connectivity index (χ2n) is 4.18. The largest absolute Gasteiger partial charge is 0.480 e. The molecule has 0 aromatic carbocycles. The molecule has 1 aliphatic rings. The molecule has 1 fully saturated rings. The average Bonchev–Trinajstić information content (AvgIpc) is 2.38. The summed E-state index contributed by atoms with van der Waals surface area (Å²) in [6, 6.07) is 2.70. The van der Waals surface area contributed by atoms with Crippen molar-refractivity contribution in [3.63, 3.8) is 0 Å². The number of nitrogens with zero attached hydrogens (tertiary/aromatic N) is 2. The molecule has 0 bridgehead atoms. The van der Waals surface area contributed by atoms with Gasteiger partial charge in [-0.2, -0.15) is 0 Å². The number of carbonyl (C=O) groups is 2. The number of rotatable bonds is 2. The summed E-state index contributed by atoms with van der Waals surface area (Å²) in [5.41, 5.74) is 0.269. The Balaban J connectivity index is 2.27. The molecule has 1 aromatic heterocycles. The Morgan fingerprint density at radius 3 is 2.89 bits per heavy atom. The van der Waals surface area contributed by atoms with Gasteiger partial charge in [0.2, 0.25) is 0 Å². The fraction of sp³-hybridized carbons (Fsp3) is 0.417. The number of hydrogen-bond acceptors (Lipinski definition) is 3. The second-order valence-corrected chi connectivity index (χ2v) is 5.04. The number of carboxylic acid groups (broad SMARTS) is 1. The van der Waals surface area contributed by atoms with Gasteiger partial charge in [0.05, 0.1) is 0 Å². The molecule has 1 atom stereocenters. The predicted octanol–water partition coefficient (Wildman–Crippen LogP) is 1.92. The number of amides is 1. The SMILES string of the molecule is O=C(O)[C@H]1CCCCN1C(=O)c1ncccc1Br. The summed E-state index contributed by atoms with van der Waals surface area (Å²) in [6.07, 6.45) is 3.70. The molecule has 6 heteroatoms. The van der Waals surface area contributed by atoms with Crippen molar-refractivity contribution in [2.75, 3.05) is 6.54 Å². The van der Waals surface area contributed by atoms with Gasteiger partial charge in [0.15, 0.2) is 0 Å². The van der Waals surface area contributed by atoms with Crippen molar-refractivity contribution < 1.29 is 14.7 Å². The van der Waals surface area contributed by atoms with E-state index < -0.39 is 12.0 Å². The molecule has 18 heavy (non-hydrogen) atoms. The van der Waals surface area contributed by atoms with Crippen LogP contribution in [-0.2, 0) is 4.79 Å². The molecule has 1 amide bonds. The van der Waals surface area contributed by atoms with Crippen molar-refractivity contribution in [1.29, 1.82) is 0 Å². The summed E-state index contributed by atoms with van der Waals surface area (Å²) in [7, 11) is 0. The lowest BCUT2D eigenvalue weighted by Gasteiger charge is -2.32. The van der Waals surface area contributed by atoms with Crippen LogP contribution < -0.4 is 0 Å². The molecule has 96 valence electrons. The second kappa shape index (κ2) is 5.48. The van der Waals surface area contributed by atoms with Gasteiger partial charge in [0.1, 0.15) is 11.7 Å². The minimum absolute atomic E-state index is 0.269. The van der Waals surface area contributed by atoms with E-state index >= 15 is 0 Å². The van der Waals surface area contributed by atoms with Crippen LogP contribution in [0.5, 0.6) is 0 Å². The lowest BCUT2D eigenvalue weighted by molar-refractivity contribution is -0.143. The van der Waals surface area contributed by atoms with Crippen LogP contribution in [0.3, 0.4) is 0 Å². The monoisotopic (exact) mass is 312 g/mol. The van der Waals surface area contributed by atoms with Gasteiger partial charge in [-0.3, -0.25) is 4.79 Å². The maximum absolute atomic E-state index is 12.3. The van der Waals surface area contributed by atoms with Crippen LogP contribution in [0, 0.1) is 0 Å². The van der Waals surface area contributed by atoms with E-state index in [4.69, 9.17) is 5.11 Å². The van der Waals surface area contributed by atoms with Gasteiger partial charge >= 0.3 is 5.97 Å². The highest BCUT2D eigenvalue weighted by Crippen LogP contribution is 2.22. The number of halogens is 1. The Hall–Kier alpha value is -1.43. The topological polar surface area (TPSA) is 70.5 Å². The quantitative estimate of drug-likeness (QED) is 0.905. The van der Waals surface area contributed by atoms with Crippen LogP contribution in [0.15, 0.2) is 22.8 Å². The zero-order chi connectivity index (χ0) is 13.1. The first-order valence-corrected chi connectivity index (χ1v) is 6.55. The fourth-order valence-corrected chi connectivity index (χ4v) is 2.54. The Labute approximate surface area is 113 Å². The molecular formula is C12H13BrN2O3. The molecule has 0 unspecified atom stereocenters. The standard InChI is InChI=1S/C12H13BrN2O3/c13-8-4-3-6-14-10(8)11(16)15-7-2-1-5-9(15)12(17)18/h3-4,6,9H,1-2,5,7H2,(H,17,18)/t9-/m1/s1. The lowest BCUT2D eigenvalue weighted by atomic mass is 10.0. The van der Waals surface area contributed by atoms with Gasteiger partial charge in [0, 0.05) is 17.2 Å². The molecule has 0 aliphatic carbocycles. The Morgan fingerprint density at radius 2 is 2.22 bits per heavy atom. The molecule has 1 aliphatic heterocycles. The number of hydrogen-bond donors (Lipinski definition) is 1. The Bertz CT molecular complexity index is 478. The van der Waals surface area contributed by atoms with Crippen molar-refractivity contribution >= 4 is 27.8 Å². The highest BCUT2D eigenvalue weighted by Gasteiger charge is 2.33. The minimum atomic E-state index is -0.949. The maximum Gasteiger partial charge on any atom is 0.326 e. The van der Waals surface area contributed by atoms with E-state index in [0.717, 1.165) is 12.8 Å². The van der Waals surface area contributed by atoms with E-state index in [1.165, 1.54) is 11.1 Å². The van der Waals surface area contributed by atoms with Gasteiger partial charge in [-0.15, -0.1) is 0 Å². The first kappa shape index (κ1) is 13.0. The van der Waals surface area contributed by atoms with Gasteiger partial charge in [-0.1, -0.05) is 0 Å².